The number of halogens is 3. The molecule has 9 nitrogen and oxygen atoms in total. The fourth-order valence-electron chi connectivity index (χ4n) is 3.14. The molecular weight excluding hydrogens is 484 g/mol. The van der Waals surface area contributed by atoms with E-state index in [2.05, 4.69) is 10.3 Å². The molecule has 35 heavy (non-hydrogen) atoms. The minimum atomic E-state index is -0.928. The molecule has 1 amide bonds. The van der Waals surface area contributed by atoms with Gasteiger partial charge in [-0.2, -0.15) is 0 Å². The van der Waals surface area contributed by atoms with Crippen LogP contribution in [-0.2, 0) is 7.05 Å². The maximum atomic E-state index is 14.6. The molecule has 4 rings (SSSR count). The molecule has 0 atom stereocenters. The Kier molecular flexibility index (Phi) is 6.34. The number of aryl methyl sites for hydroxylation is 1. The quantitative estimate of drug-likeness (QED) is 0.433. The van der Waals surface area contributed by atoms with Crippen LogP contribution in [0.3, 0.4) is 0 Å². The van der Waals surface area contributed by atoms with Crippen LogP contribution in [0.15, 0.2) is 70.5 Å². The Balaban J connectivity index is 1.62. The number of nitrogen functional groups attached to an aromatic ring is 1. The molecule has 12 heteroatoms. The second-order valence-electron chi connectivity index (χ2n) is 7.26. The molecule has 2 aromatic carbocycles. The third-order valence-electron chi connectivity index (χ3n) is 4.87. The van der Waals surface area contributed by atoms with Crippen LogP contribution >= 0.6 is 11.6 Å². The Morgan fingerprint density at radius 1 is 1.09 bits per heavy atom. The maximum Gasteiger partial charge on any atom is 0.335 e. The van der Waals surface area contributed by atoms with Gasteiger partial charge >= 0.3 is 5.69 Å². The van der Waals surface area contributed by atoms with Crippen LogP contribution in [0.5, 0.6) is 11.5 Å². The topological polar surface area (TPSA) is 121 Å². The zero-order valence-corrected chi connectivity index (χ0v) is 18.7. The molecule has 0 aliphatic carbocycles. The van der Waals surface area contributed by atoms with Gasteiger partial charge in [0.2, 0.25) is 0 Å². The smallest absolute Gasteiger partial charge is 0.335 e. The van der Waals surface area contributed by atoms with Crippen molar-refractivity contribution >= 4 is 29.0 Å². The van der Waals surface area contributed by atoms with Crippen LogP contribution in [0.25, 0.3) is 5.69 Å². The molecule has 0 aliphatic rings. The summed E-state index contributed by atoms with van der Waals surface area (Å²) in [5.74, 6) is -2.38. The summed E-state index contributed by atoms with van der Waals surface area (Å²) in [5, 5.41) is 2.42. The van der Waals surface area contributed by atoms with Gasteiger partial charge in [0.1, 0.15) is 22.2 Å². The summed E-state index contributed by atoms with van der Waals surface area (Å²) in [4.78, 5) is 42.0. The van der Waals surface area contributed by atoms with Crippen LogP contribution in [0.4, 0.5) is 20.3 Å². The van der Waals surface area contributed by atoms with Crippen LogP contribution in [-0.4, -0.2) is 20.0 Å². The highest BCUT2D eigenvalue weighted by atomic mass is 35.5. The van der Waals surface area contributed by atoms with Gasteiger partial charge in [-0.15, -0.1) is 0 Å². The number of hydrogen-bond acceptors (Lipinski definition) is 6. The predicted molar refractivity (Wildman–Crippen MR) is 125 cm³/mol. The number of hydrogen-bond donors (Lipinski definition) is 2. The molecule has 2 aromatic heterocycles. The summed E-state index contributed by atoms with van der Waals surface area (Å²) in [6.45, 7) is 0. The van der Waals surface area contributed by atoms with Crippen LogP contribution in [0.2, 0.25) is 5.02 Å². The predicted octanol–water partition coefficient (Wildman–Crippen LogP) is 3.49. The fourth-order valence-corrected chi connectivity index (χ4v) is 3.29. The van der Waals surface area contributed by atoms with E-state index in [1.165, 1.54) is 43.6 Å². The van der Waals surface area contributed by atoms with E-state index in [1.54, 1.807) is 0 Å². The number of ether oxygens (including phenoxy) is 1. The van der Waals surface area contributed by atoms with Crippen molar-refractivity contribution in [2.75, 3.05) is 11.1 Å². The molecular formula is C23H16ClF2N5O4. The zero-order chi connectivity index (χ0) is 25.3. The van der Waals surface area contributed by atoms with E-state index >= 15 is 0 Å². The van der Waals surface area contributed by atoms with Crippen molar-refractivity contribution in [3.63, 3.8) is 0 Å². The third-order valence-corrected chi connectivity index (χ3v) is 5.25. The highest BCUT2D eigenvalue weighted by Gasteiger charge is 2.19. The van der Waals surface area contributed by atoms with E-state index in [-0.39, 0.29) is 33.7 Å². The van der Waals surface area contributed by atoms with Gasteiger partial charge < -0.3 is 20.4 Å². The number of aromatic nitrogens is 3. The fraction of sp³-hybridized carbons (Fsp3) is 0.0435. The van der Waals surface area contributed by atoms with Crippen molar-refractivity contribution in [3.8, 4) is 17.2 Å². The first kappa shape index (κ1) is 23.6. The second kappa shape index (κ2) is 9.39. The second-order valence-corrected chi connectivity index (χ2v) is 7.64. The number of carbonyl (C=O) groups excluding carboxylic acids is 1. The molecule has 0 fully saturated rings. The molecule has 0 saturated heterocycles. The number of nitrogens with two attached hydrogens (primary N) is 1. The highest BCUT2D eigenvalue weighted by Crippen LogP contribution is 2.33. The van der Waals surface area contributed by atoms with Gasteiger partial charge in [0.25, 0.3) is 11.5 Å². The van der Waals surface area contributed by atoms with E-state index in [4.69, 9.17) is 22.1 Å². The van der Waals surface area contributed by atoms with Crippen molar-refractivity contribution in [2.45, 2.75) is 0 Å². The molecule has 0 aliphatic heterocycles. The zero-order valence-electron chi connectivity index (χ0n) is 18.0. The lowest BCUT2D eigenvalue weighted by Gasteiger charge is -2.12. The molecule has 3 N–H and O–H groups in total. The number of carbonyl (C=O) groups is 1. The first-order valence-electron chi connectivity index (χ1n) is 9.93. The van der Waals surface area contributed by atoms with Gasteiger partial charge in [0.05, 0.1) is 5.69 Å². The lowest BCUT2D eigenvalue weighted by Crippen LogP contribution is -2.41. The summed E-state index contributed by atoms with van der Waals surface area (Å²) >= 11 is 6.00. The third kappa shape index (κ3) is 4.75. The summed E-state index contributed by atoms with van der Waals surface area (Å²) < 4.78 is 35.1. The Morgan fingerprint density at radius 2 is 1.80 bits per heavy atom. The number of pyridine rings is 1. The Labute approximate surface area is 201 Å². The summed E-state index contributed by atoms with van der Waals surface area (Å²) in [6, 6.07) is 9.59. The van der Waals surface area contributed by atoms with Crippen molar-refractivity contribution in [3.05, 3.63) is 104 Å². The standard InChI is InChI=1S/C23H16ClF2N5O4/c1-30-11-15(22(33)31(23(30)34)14-5-2-12(25)3-6-14)21(32)29-13-4-7-17(16(26)10-13)35-18-8-9-28-20(27)19(18)24/h2-11H,1H3,(H2,27,28)(H,29,32). The van der Waals surface area contributed by atoms with Crippen molar-refractivity contribution in [1.82, 2.24) is 14.1 Å². The molecule has 178 valence electrons. The van der Waals surface area contributed by atoms with Gasteiger partial charge in [-0.1, -0.05) is 11.6 Å². The summed E-state index contributed by atoms with van der Waals surface area (Å²) in [6.07, 6.45) is 2.40. The Bertz CT molecular complexity index is 1570. The number of amides is 1. The van der Waals surface area contributed by atoms with E-state index in [0.717, 1.165) is 33.5 Å². The first-order valence-corrected chi connectivity index (χ1v) is 10.3. The summed E-state index contributed by atoms with van der Waals surface area (Å²) in [7, 11) is 1.35. The van der Waals surface area contributed by atoms with E-state index in [9.17, 15) is 23.2 Å². The van der Waals surface area contributed by atoms with Crippen molar-refractivity contribution in [1.29, 1.82) is 0 Å². The van der Waals surface area contributed by atoms with Gasteiger partial charge in [-0.25, -0.2) is 23.1 Å². The number of benzene rings is 2. The molecule has 0 bridgehead atoms. The first-order chi connectivity index (χ1) is 16.7. The maximum absolute atomic E-state index is 14.6. The summed E-state index contributed by atoms with van der Waals surface area (Å²) in [5.41, 5.74) is 3.64. The molecule has 2 heterocycles. The van der Waals surface area contributed by atoms with Crippen LogP contribution < -0.4 is 27.0 Å². The van der Waals surface area contributed by atoms with Gasteiger partial charge in [-0.05, 0) is 36.4 Å². The molecule has 0 saturated carbocycles. The average molecular weight is 500 g/mol. The van der Waals surface area contributed by atoms with Crippen molar-refractivity contribution in [2.24, 2.45) is 7.05 Å². The van der Waals surface area contributed by atoms with Crippen LogP contribution in [0.1, 0.15) is 10.4 Å². The average Bonchev–Trinajstić information content (AvgIpc) is 2.82. The SMILES string of the molecule is Cn1cc(C(=O)Nc2ccc(Oc3ccnc(N)c3Cl)c(F)c2)c(=O)n(-c2ccc(F)cc2)c1=O. The minimum absolute atomic E-state index is 0.0106. The van der Waals surface area contributed by atoms with Gasteiger partial charge in [0, 0.05) is 37.3 Å². The number of anilines is 2. The molecule has 4 aromatic rings. The van der Waals surface area contributed by atoms with Gasteiger partial charge in [-0.3, -0.25) is 9.59 Å². The molecule has 0 unspecified atom stereocenters. The van der Waals surface area contributed by atoms with Crippen molar-refractivity contribution < 1.29 is 18.3 Å². The highest BCUT2D eigenvalue weighted by molar-refractivity contribution is 6.34. The largest absolute Gasteiger partial charge is 0.453 e. The number of nitrogens with zero attached hydrogens (tertiary/aromatic N) is 3. The monoisotopic (exact) mass is 499 g/mol. The molecule has 0 spiro atoms. The Hall–Kier alpha value is -4.51. The van der Waals surface area contributed by atoms with E-state index in [0.29, 0.717) is 0 Å². The minimum Gasteiger partial charge on any atom is -0.453 e. The number of rotatable bonds is 5. The van der Waals surface area contributed by atoms with E-state index < -0.39 is 34.4 Å². The van der Waals surface area contributed by atoms with Crippen LogP contribution in [0, 0.1) is 11.6 Å². The number of nitrogens with one attached hydrogen (secondary N) is 1. The Morgan fingerprint density at radius 3 is 2.49 bits per heavy atom. The van der Waals surface area contributed by atoms with Gasteiger partial charge in [0.15, 0.2) is 17.3 Å². The molecule has 0 radical (unpaired) electrons. The lowest BCUT2D eigenvalue weighted by atomic mass is 10.2. The normalized spacial score (nSPS) is 10.7. The lowest BCUT2D eigenvalue weighted by molar-refractivity contribution is 0.102. The van der Waals surface area contributed by atoms with E-state index in [1.807, 2.05) is 0 Å².